The van der Waals surface area contributed by atoms with E-state index < -0.39 is 0 Å². The number of anilines is 1. The van der Waals surface area contributed by atoms with Crippen LogP contribution in [0.2, 0.25) is 0 Å². The van der Waals surface area contributed by atoms with Crippen molar-refractivity contribution in [3.8, 4) is 0 Å². The van der Waals surface area contributed by atoms with Gasteiger partial charge in [-0.2, -0.15) is 0 Å². The molecular weight excluding hydrogens is 204 g/mol. The molecule has 0 saturated carbocycles. The first-order chi connectivity index (χ1) is 7.72. The quantitative estimate of drug-likeness (QED) is 0.811. The Labute approximate surface area is 94.1 Å². The molecule has 0 aliphatic carbocycles. The number of hydrogen-bond acceptors (Lipinski definition) is 4. The summed E-state index contributed by atoms with van der Waals surface area (Å²) in [5.74, 6) is 0.777. The highest BCUT2D eigenvalue weighted by Gasteiger charge is 2.08. The maximum absolute atomic E-state index is 8.85. The molecule has 5 nitrogen and oxygen atoms in total. The molecule has 0 spiro atoms. The normalized spacial score (nSPS) is 12.9. The van der Waals surface area contributed by atoms with Crippen LogP contribution in [0.4, 0.5) is 5.82 Å². The van der Waals surface area contributed by atoms with Crippen molar-refractivity contribution in [2.75, 3.05) is 11.9 Å². The van der Waals surface area contributed by atoms with Gasteiger partial charge in [-0.1, -0.05) is 0 Å². The number of hydrogen-bond donors (Lipinski definition) is 2. The van der Waals surface area contributed by atoms with E-state index in [-0.39, 0.29) is 12.6 Å². The van der Waals surface area contributed by atoms with E-state index >= 15 is 0 Å². The maximum Gasteiger partial charge on any atom is 0.154 e. The second kappa shape index (κ2) is 4.49. The number of aliphatic hydroxyl groups is 1. The van der Waals surface area contributed by atoms with Gasteiger partial charge in [-0.25, -0.2) is 9.97 Å². The Morgan fingerprint density at radius 2 is 2.31 bits per heavy atom. The molecule has 0 aliphatic heterocycles. The Hall–Kier alpha value is -1.62. The molecule has 86 valence electrons. The standard InChI is InChI=1S/C11H16N4O/c1-8(4-6-16)14-11-10-9(3-5-12-11)15(2)7-13-10/h3,5,7-8,16H,4,6H2,1-2H3,(H,12,14). The van der Waals surface area contributed by atoms with Crippen LogP contribution in [0.1, 0.15) is 13.3 Å². The highest BCUT2D eigenvalue weighted by atomic mass is 16.3. The zero-order valence-electron chi connectivity index (χ0n) is 9.51. The van der Waals surface area contributed by atoms with Crippen molar-refractivity contribution in [3.63, 3.8) is 0 Å². The summed E-state index contributed by atoms with van der Waals surface area (Å²) < 4.78 is 1.96. The smallest absolute Gasteiger partial charge is 0.154 e. The number of aliphatic hydroxyl groups excluding tert-OH is 1. The molecule has 1 unspecified atom stereocenters. The predicted molar refractivity (Wildman–Crippen MR) is 63.3 cm³/mol. The molecule has 0 aromatic carbocycles. The van der Waals surface area contributed by atoms with Crippen LogP contribution in [0.3, 0.4) is 0 Å². The summed E-state index contributed by atoms with van der Waals surface area (Å²) in [6, 6.07) is 2.12. The lowest BCUT2D eigenvalue weighted by Crippen LogP contribution is -2.17. The number of aryl methyl sites for hydroxylation is 1. The van der Waals surface area contributed by atoms with Gasteiger partial charge in [0.25, 0.3) is 0 Å². The third-order valence-electron chi connectivity index (χ3n) is 2.59. The van der Waals surface area contributed by atoms with Crippen molar-refractivity contribution in [2.45, 2.75) is 19.4 Å². The molecule has 0 bridgehead atoms. The monoisotopic (exact) mass is 220 g/mol. The first-order valence-electron chi connectivity index (χ1n) is 5.36. The van der Waals surface area contributed by atoms with E-state index in [0.717, 1.165) is 16.9 Å². The minimum absolute atomic E-state index is 0.173. The van der Waals surface area contributed by atoms with Gasteiger partial charge in [0.2, 0.25) is 0 Å². The van der Waals surface area contributed by atoms with Gasteiger partial charge in [-0.05, 0) is 19.4 Å². The van der Waals surface area contributed by atoms with Crippen molar-refractivity contribution < 1.29 is 5.11 Å². The van der Waals surface area contributed by atoms with Crippen LogP contribution in [0.5, 0.6) is 0 Å². The third kappa shape index (κ3) is 1.99. The van der Waals surface area contributed by atoms with Crippen LogP contribution in [-0.2, 0) is 7.05 Å². The van der Waals surface area contributed by atoms with E-state index in [1.165, 1.54) is 0 Å². The number of imidazole rings is 1. The van der Waals surface area contributed by atoms with Gasteiger partial charge in [0.15, 0.2) is 5.82 Å². The Balaban J connectivity index is 2.30. The zero-order valence-corrected chi connectivity index (χ0v) is 9.51. The number of pyridine rings is 1. The maximum atomic E-state index is 8.85. The van der Waals surface area contributed by atoms with E-state index in [1.807, 2.05) is 24.6 Å². The number of aromatic nitrogens is 3. The molecular formula is C11H16N4O. The SMILES string of the molecule is CC(CCO)Nc1nccc2c1ncn2C. The second-order valence-electron chi connectivity index (χ2n) is 3.94. The third-order valence-corrected chi connectivity index (χ3v) is 2.59. The lowest BCUT2D eigenvalue weighted by molar-refractivity contribution is 0.282. The Morgan fingerprint density at radius 3 is 3.06 bits per heavy atom. The largest absolute Gasteiger partial charge is 0.396 e. The summed E-state index contributed by atoms with van der Waals surface area (Å²) in [5.41, 5.74) is 1.92. The number of nitrogens with zero attached hydrogens (tertiary/aromatic N) is 3. The fraction of sp³-hybridized carbons (Fsp3) is 0.455. The van der Waals surface area contributed by atoms with Gasteiger partial charge < -0.3 is 15.0 Å². The highest BCUT2D eigenvalue weighted by molar-refractivity contribution is 5.85. The van der Waals surface area contributed by atoms with Crippen LogP contribution < -0.4 is 5.32 Å². The topological polar surface area (TPSA) is 63.0 Å². The summed E-state index contributed by atoms with van der Waals surface area (Å²) in [6.45, 7) is 2.19. The van der Waals surface area contributed by atoms with Gasteiger partial charge in [0, 0.05) is 25.9 Å². The van der Waals surface area contributed by atoms with Crippen LogP contribution in [0, 0.1) is 0 Å². The summed E-state index contributed by atoms with van der Waals surface area (Å²) in [6.07, 6.45) is 4.23. The van der Waals surface area contributed by atoms with Crippen molar-refractivity contribution in [2.24, 2.45) is 7.05 Å². The Morgan fingerprint density at radius 1 is 1.50 bits per heavy atom. The van der Waals surface area contributed by atoms with Crippen molar-refractivity contribution >= 4 is 16.9 Å². The summed E-state index contributed by atoms with van der Waals surface area (Å²) in [7, 11) is 1.95. The number of fused-ring (bicyclic) bond motifs is 1. The van der Waals surface area contributed by atoms with Gasteiger partial charge in [0.05, 0.1) is 11.8 Å². The summed E-state index contributed by atoms with van der Waals surface area (Å²) in [4.78, 5) is 8.58. The molecule has 2 N–H and O–H groups in total. The highest BCUT2D eigenvalue weighted by Crippen LogP contribution is 2.19. The zero-order chi connectivity index (χ0) is 11.5. The lowest BCUT2D eigenvalue weighted by atomic mass is 10.2. The van der Waals surface area contributed by atoms with Crippen LogP contribution in [-0.4, -0.2) is 32.3 Å². The number of rotatable bonds is 4. The summed E-state index contributed by atoms with van der Waals surface area (Å²) >= 11 is 0. The van der Waals surface area contributed by atoms with E-state index in [2.05, 4.69) is 15.3 Å². The molecule has 1 atom stereocenters. The van der Waals surface area contributed by atoms with Crippen LogP contribution >= 0.6 is 0 Å². The average molecular weight is 220 g/mol. The first-order valence-corrected chi connectivity index (χ1v) is 5.36. The molecule has 0 fully saturated rings. The fourth-order valence-corrected chi connectivity index (χ4v) is 1.67. The van der Waals surface area contributed by atoms with Crippen molar-refractivity contribution in [1.82, 2.24) is 14.5 Å². The van der Waals surface area contributed by atoms with Gasteiger partial charge in [-0.15, -0.1) is 0 Å². The average Bonchev–Trinajstić information content (AvgIpc) is 2.62. The first kappa shape index (κ1) is 10.9. The Kier molecular flexibility index (Phi) is 3.05. The van der Waals surface area contributed by atoms with E-state index in [9.17, 15) is 0 Å². The second-order valence-corrected chi connectivity index (χ2v) is 3.94. The van der Waals surface area contributed by atoms with E-state index in [1.54, 1.807) is 12.5 Å². The molecule has 0 saturated heterocycles. The molecule has 0 radical (unpaired) electrons. The summed E-state index contributed by atoms with van der Waals surface area (Å²) in [5, 5.41) is 12.1. The van der Waals surface area contributed by atoms with Crippen LogP contribution in [0.25, 0.3) is 11.0 Å². The van der Waals surface area contributed by atoms with Crippen molar-refractivity contribution in [3.05, 3.63) is 18.6 Å². The fourth-order valence-electron chi connectivity index (χ4n) is 1.67. The van der Waals surface area contributed by atoms with Gasteiger partial charge in [-0.3, -0.25) is 0 Å². The Bertz CT molecular complexity index is 480. The van der Waals surface area contributed by atoms with E-state index in [0.29, 0.717) is 6.42 Å². The molecule has 2 rings (SSSR count). The molecule has 5 heteroatoms. The van der Waals surface area contributed by atoms with E-state index in [4.69, 9.17) is 5.11 Å². The van der Waals surface area contributed by atoms with Gasteiger partial charge >= 0.3 is 0 Å². The molecule has 2 aromatic heterocycles. The minimum Gasteiger partial charge on any atom is -0.396 e. The molecule has 0 amide bonds. The van der Waals surface area contributed by atoms with Gasteiger partial charge in [0.1, 0.15) is 5.52 Å². The van der Waals surface area contributed by atoms with Crippen LogP contribution in [0.15, 0.2) is 18.6 Å². The lowest BCUT2D eigenvalue weighted by Gasteiger charge is -2.13. The molecule has 0 aliphatic rings. The number of nitrogens with one attached hydrogen (secondary N) is 1. The minimum atomic E-state index is 0.173. The molecule has 2 aromatic rings. The van der Waals surface area contributed by atoms with Crippen molar-refractivity contribution in [1.29, 1.82) is 0 Å². The molecule has 16 heavy (non-hydrogen) atoms. The molecule has 2 heterocycles. The predicted octanol–water partition coefficient (Wildman–Crippen LogP) is 1.15.